The molecule has 0 saturated carbocycles. The van der Waals surface area contributed by atoms with Crippen molar-refractivity contribution >= 4 is 28.5 Å². The first-order valence-electron chi connectivity index (χ1n) is 7.35. The first-order valence-corrected chi connectivity index (χ1v) is 7.35. The molecule has 0 radical (unpaired) electrons. The Balaban J connectivity index is 1.94. The maximum Gasteiger partial charge on any atom is 0.269 e. The van der Waals surface area contributed by atoms with Crippen molar-refractivity contribution in [3.8, 4) is 0 Å². The lowest BCUT2D eigenvalue weighted by atomic mass is 9.84. The Kier molecular flexibility index (Phi) is 2.94. The molecule has 1 atom stereocenters. The van der Waals surface area contributed by atoms with Crippen molar-refractivity contribution in [1.82, 2.24) is 20.5 Å². The van der Waals surface area contributed by atoms with Gasteiger partial charge in [0.05, 0.1) is 0 Å². The zero-order valence-corrected chi connectivity index (χ0v) is 12.4. The minimum Gasteiger partial charge on any atom is -0.361 e. The third-order valence-electron chi connectivity index (χ3n) is 4.26. The summed E-state index contributed by atoms with van der Waals surface area (Å²) < 4.78 is 0. The standard InChI is InChI=1S/C16H15N5O2/c1-17-16(23)14-13-10(7-12(22)19-15(13)21-20-14)8-3-2-4-11-9(8)5-6-18-11/h2-6,10,18H,7H2,1H3,(H,17,23)(H2,19,20,21,22)/t10-/m0/s1. The number of rotatable bonds is 2. The van der Waals surface area contributed by atoms with E-state index in [2.05, 4.69) is 25.8 Å². The fourth-order valence-electron chi connectivity index (χ4n) is 3.23. The lowest BCUT2D eigenvalue weighted by Crippen LogP contribution is -2.26. The Hall–Kier alpha value is -3.09. The minimum absolute atomic E-state index is 0.106. The van der Waals surface area contributed by atoms with Gasteiger partial charge in [0.25, 0.3) is 5.91 Å². The van der Waals surface area contributed by atoms with Crippen molar-refractivity contribution in [2.75, 3.05) is 12.4 Å². The summed E-state index contributed by atoms with van der Waals surface area (Å²) >= 11 is 0. The molecule has 0 spiro atoms. The Morgan fingerprint density at radius 1 is 1.35 bits per heavy atom. The highest BCUT2D eigenvalue weighted by Crippen LogP contribution is 2.40. The summed E-state index contributed by atoms with van der Waals surface area (Å²) in [7, 11) is 1.57. The Bertz CT molecular complexity index is 924. The van der Waals surface area contributed by atoms with E-state index in [0.717, 1.165) is 22.0 Å². The van der Waals surface area contributed by atoms with Crippen LogP contribution in [0.1, 0.15) is 34.0 Å². The first kappa shape index (κ1) is 13.6. The van der Waals surface area contributed by atoms with Crippen molar-refractivity contribution < 1.29 is 9.59 Å². The normalized spacial score (nSPS) is 16.9. The number of fused-ring (bicyclic) bond motifs is 2. The molecule has 7 nitrogen and oxygen atoms in total. The van der Waals surface area contributed by atoms with E-state index in [1.54, 1.807) is 7.05 Å². The van der Waals surface area contributed by atoms with Crippen LogP contribution in [-0.4, -0.2) is 34.0 Å². The zero-order chi connectivity index (χ0) is 16.0. The van der Waals surface area contributed by atoms with Gasteiger partial charge in [0.2, 0.25) is 5.91 Å². The van der Waals surface area contributed by atoms with Crippen LogP contribution >= 0.6 is 0 Å². The number of anilines is 1. The molecule has 2 amide bonds. The van der Waals surface area contributed by atoms with E-state index >= 15 is 0 Å². The molecule has 4 N–H and O–H groups in total. The van der Waals surface area contributed by atoms with Crippen LogP contribution in [0, 0.1) is 0 Å². The highest BCUT2D eigenvalue weighted by Gasteiger charge is 2.34. The lowest BCUT2D eigenvalue weighted by Gasteiger charge is -2.23. The van der Waals surface area contributed by atoms with Crippen molar-refractivity contribution in [2.45, 2.75) is 12.3 Å². The van der Waals surface area contributed by atoms with Crippen LogP contribution in [0.15, 0.2) is 30.5 Å². The van der Waals surface area contributed by atoms with Crippen LogP contribution in [0.5, 0.6) is 0 Å². The van der Waals surface area contributed by atoms with E-state index in [4.69, 9.17) is 0 Å². The number of hydrogen-bond acceptors (Lipinski definition) is 3. The number of benzene rings is 1. The van der Waals surface area contributed by atoms with Crippen LogP contribution < -0.4 is 10.6 Å². The smallest absolute Gasteiger partial charge is 0.269 e. The molecule has 0 fully saturated rings. The van der Waals surface area contributed by atoms with Gasteiger partial charge in [-0.1, -0.05) is 12.1 Å². The van der Waals surface area contributed by atoms with Crippen molar-refractivity contribution in [2.24, 2.45) is 0 Å². The second kappa shape index (κ2) is 4.98. The van der Waals surface area contributed by atoms with Gasteiger partial charge >= 0.3 is 0 Å². The monoisotopic (exact) mass is 309 g/mol. The van der Waals surface area contributed by atoms with E-state index in [-0.39, 0.29) is 24.2 Å². The third-order valence-corrected chi connectivity index (χ3v) is 4.26. The fraction of sp³-hybridized carbons (Fsp3) is 0.188. The maximum absolute atomic E-state index is 12.1. The number of H-pyrrole nitrogens is 2. The van der Waals surface area contributed by atoms with E-state index < -0.39 is 0 Å². The van der Waals surface area contributed by atoms with Crippen molar-refractivity contribution in [3.63, 3.8) is 0 Å². The molecule has 7 heteroatoms. The molecular formula is C16H15N5O2. The second-order valence-electron chi connectivity index (χ2n) is 5.53. The van der Waals surface area contributed by atoms with Crippen LogP contribution in [0.2, 0.25) is 0 Å². The Morgan fingerprint density at radius 2 is 2.22 bits per heavy atom. The summed E-state index contributed by atoms with van der Waals surface area (Å²) in [5.74, 6) is -0.146. The predicted octanol–water partition coefficient (Wildman–Crippen LogP) is 1.72. The molecule has 1 aliphatic rings. The number of amides is 2. The maximum atomic E-state index is 12.1. The number of nitrogens with zero attached hydrogens (tertiary/aromatic N) is 1. The molecule has 2 aromatic heterocycles. The molecule has 3 aromatic rings. The molecule has 0 bridgehead atoms. The average molecular weight is 309 g/mol. The number of nitrogens with one attached hydrogen (secondary N) is 4. The highest BCUT2D eigenvalue weighted by molar-refractivity contribution is 6.01. The fourth-order valence-corrected chi connectivity index (χ4v) is 3.23. The molecule has 3 heterocycles. The van der Waals surface area contributed by atoms with Gasteiger partial charge in [-0.3, -0.25) is 14.7 Å². The summed E-state index contributed by atoms with van der Waals surface area (Å²) in [6, 6.07) is 7.90. The van der Waals surface area contributed by atoms with Gasteiger partial charge in [-0.05, 0) is 17.7 Å². The van der Waals surface area contributed by atoms with Crippen molar-refractivity contribution in [1.29, 1.82) is 0 Å². The summed E-state index contributed by atoms with van der Waals surface area (Å²) in [6.07, 6.45) is 2.15. The largest absolute Gasteiger partial charge is 0.361 e. The lowest BCUT2D eigenvalue weighted by molar-refractivity contribution is -0.116. The predicted molar refractivity (Wildman–Crippen MR) is 85.4 cm³/mol. The highest BCUT2D eigenvalue weighted by atomic mass is 16.2. The van der Waals surface area contributed by atoms with E-state index in [1.165, 1.54) is 0 Å². The van der Waals surface area contributed by atoms with Gasteiger partial charge in [0.15, 0.2) is 5.82 Å². The Morgan fingerprint density at radius 3 is 3.04 bits per heavy atom. The van der Waals surface area contributed by atoms with Crippen LogP contribution in [-0.2, 0) is 4.79 Å². The molecule has 0 unspecified atom stereocenters. The average Bonchev–Trinajstić information content (AvgIpc) is 3.19. The summed E-state index contributed by atoms with van der Waals surface area (Å²) in [5, 5.41) is 13.2. The Labute approximate surface area is 131 Å². The second-order valence-corrected chi connectivity index (χ2v) is 5.53. The van der Waals surface area contributed by atoms with Crippen LogP contribution in [0.4, 0.5) is 5.82 Å². The van der Waals surface area contributed by atoms with Gasteiger partial charge in [-0.25, -0.2) is 0 Å². The molecule has 1 aliphatic heterocycles. The summed E-state index contributed by atoms with van der Waals surface area (Å²) in [5.41, 5.74) is 3.13. The zero-order valence-electron chi connectivity index (χ0n) is 12.4. The topological polar surface area (TPSA) is 103 Å². The molecule has 0 saturated heterocycles. The molecule has 4 rings (SSSR count). The number of carbonyl (C=O) groups is 2. The number of hydrogen-bond donors (Lipinski definition) is 4. The molecule has 1 aromatic carbocycles. The van der Waals surface area contributed by atoms with Gasteiger partial charge in [-0.15, -0.1) is 0 Å². The number of aromatic nitrogens is 3. The van der Waals surface area contributed by atoms with E-state index in [9.17, 15) is 9.59 Å². The minimum atomic E-state index is -0.249. The summed E-state index contributed by atoms with van der Waals surface area (Å²) in [6.45, 7) is 0. The van der Waals surface area contributed by atoms with Gasteiger partial charge in [0, 0.05) is 42.0 Å². The molecule has 23 heavy (non-hydrogen) atoms. The SMILES string of the molecule is CNC(=O)c1[nH]nc2c1[C@H](c1cccc3[nH]ccc13)CC(=O)N2. The number of carbonyl (C=O) groups excluding carboxylic acids is 2. The summed E-state index contributed by atoms with van der Waals surface area (Å²) in [4.78, 5) is 27.3. The van der Waals surface area contributed by atoms with Gasteiger partial charge in [-0.2, -0.15) is 5.10 Å². The third kappa shape index (κ3) is 2.01. The number of aromatic amines is 2. The van der Waals surface area contributed by atoms with Crippen molar-refractivity contribution in [3.05, 3.63) is 47.3 Å². The molecule has 116 valence electrons. The molecule has 0 aliphatic carbocycles. The quantitative estimate of drug-likeness (QED) is 0.579. The van der Waals surface area contributed by atoms with E-state index in [0.29, 0.717) is 11.5 Å². The van der Waals surface area contributed by atoms with E-state index in [1.807, 2.05) is 30.5 Å². The van der Waals surface area contributed by atoms with Crippen LogP contribution in [0.25, 0.3) is 10.9 Å². The first-order chi connectivity index (χ1) is 11.2. The molecular weight excluding hydrogens is 294 g/mol. The van der Waals surface area contributed by atoms with Crippen LogP contribution in [0.3, 0.4) is 0 Å². The van der Waals surface area contributed by atoms with Gasteiger partial charge in [0.1, 0.15) is 5.69 Å². The van der Waals surface area contributed by atoms with Gasteiger partial charge < -0.3 is 15.6 Å².